The minimum atomic E-state index is 0.235. The summed E-state index contributed by atoms with van der Waals surface area (Å²) in [6, 6.07) is 8.28. The average molecular weight is 260 g/mol. The third kappa shape index (κ3) is 3.35. The van der Waals surface area contributed by atoms with Crippen LogP contribution in [0.5, 0.6) is 5.75 Å². The predicted octanol–water partition coefficient (Wildman–Crippen LogP) is 3.15. The van der Waals surface area contributed by atoms with Gasteiger partial charge < -0.3 is 14.5 Å². The molecule has 0 radical (unpaired) electrons. The lowest BCUT2D eigenvalue weighted by Gasteiger charge is -2.13. The Kier molecular flexibility index (Phi) is 4.22. The first-order chi connectivity index (χ1) is 9.10. The Morgan fingerprint density at radius 1 is 1.26 bits per heavy atom. The summed E-state index contributed by atoms with van der Waals surface area (Å²) in [6.07, 6.45) is 0. The van der Waals surface area contributed by atoms with Crippen molar-refractivity contribution in [1.82, 2.24) is 10.3 Å². The molecule has 0 bridgehead atoms. The van der Waals surface area contributed by atoms with Crippen molar-refractivity contribution in [2.24, 2.45) is 0 Å². The summed E-state index contributed by atoms with van der Waals surface area (Å²) < 4.78 is 10.7. The lowest BCUT2D eigenvalue weighted by molar-refractivity contribution is 0.413. The first-order valence-corrected chi connectivity index (χ1v) is 6.40. The van der Waals surface area contributed by atoms with Crippen molar-refractivity contribution in [1.29, 1.82) is 0 Å². The maximum atomic E-state index is 5.54. The lowest BCUT2D eigenvalue weighted by atomic mass is 10.1. The second kappa shape index (κ2) is 5.89. The number of rotatable bonds is 5. The van der Waals surface area contributed by atoms with E-state index in [1.807, 2.05) is 26.0 Å². The number of aryl methyl sites for hydroxylation is 2. The molecule has 1 heterocycles. The van der Waals surface area contributed by atoms with E-state index in [1.165, 1.54) is 5.56 Å². The van der Waals surface area contributed by atoms with Crippen LogP contribution in [0.3, 0.4) is 0 Å². The molecule has 19 heavy (non-hydrogen) atoms. The molecule has 2 aromatic rings. The standard InChI is InChI=1S/C15H20N2O2/c1-10-12(3)19-15(17-10)9-16-11(2)13-5-7-14(18-4)8-6-13/h5-8,11,16H,9H2,1-4H3. The molecule has 0 saturated carbocycles. The Labute approximate surface area is 113 Å². The summed E-state index contributed by atoms with van der Waals surface area (Å²) in [5.74, 6) is 2.49. The third-order valence-corrected chi connectivity index (χ3v) is 3.25. The molecule has 1 atom stereocenters. The van der Waals surface area contributed by atoms with Crippen molar-refractivity contribution in [3.63, 3.8) is 0 Å². The molecular weight excluding hydrogens is 240 g/mol. The van der Waals surface area contributed by atoms with Crippen LogP contribution in [0.4, 0.5) is 0 Å². The Bertz CT molecular complexity index is 512. The van der Waals surface area contributed by atoms with Gasteiger partial charge in [0.1, 0.15) is 11.5 Å². The Morgan fingerprint density at radius 2 is 1.95 bits per heavy atom. The van der Waals surface area contributed by atoms with Crippen molar-refractivity contribution >= 4 is 0 Å². The van der Waals surface area contributed by atoms with E-state index in [-0.39, 0.29) is 6.04 Å². The zero-order valence-corrected chi connectivity index (χ0v) is 11.9. The third-order valence-electron chi connectivity index (χ3n) is 3.25. The van der Waals surface area contributed by atoms with Gasteiger partial charge in [0.25, 0.3) is 0 Å². The van der Waals surface area contributed by atoms with Gasteiger partial charge in [0.2, 0.25) is 5.89 Å². The van der Waals surface area contributed by atoms with Crippen LogP contribution in [-0.4, -0.2) is 12.1 Å². The second-order valence-electron chi connectivity index (χ2n) is 4.62. The maximum Gasteiger partial charge on any atom is 0.208 e. The molecule has 0 aliphatic carbocycles. The fourth-order valence-electron chi connectivity index (χ4n) is 1.87. The van der Waals surface area contributed by atoms with Crippen LogP contribution in [0.25, 0.3) is 0 Å². The molecule has 4 heteroatoms. The molecule has 1 N–H and O–H groups in total. The van der Waals surface area contributed by atoms with Gasteiger partial charge in [-0.25, -0.2) is 4.98 Å². The summed E-state index contributed by atoms with van der Waals surface area (Å²) in [6.45, 7) is 6.63. The fourth-order valence-corrected chi connectivity index (χ4v) is 1.87. The minimum absolute atomic E-state index is 0.235. The van der Waals surface area contributed by atoms with Gasteiger partial charge in [-0.05, 0) is 38.5 Å². The van der Waals surface area contributed by atoms with Gasteiger partial charge in [0.15, 0.2) is 0 Å². The molecule has 1 unspecified atom stereocenters. The second-order valence-corrected chi connectivity index (χ2v) is 4.62. The van der Waals surface area contributed by atoms with Gasteiger partial charge in [-0.3, -0.25) is 0 Å². The summed E-state index contributed by atoms with van der Waals surface area (Å²) in [4.78, 5) is 4.35. The van der Waals surface area contributed by atoms with Gasteiger partial charge in [0, 0.05) is 6.04 Å². The van der Waals surface area contributed by atoms with Crippen LogP contribution in [0.2, 0.25) is 0 Å². The van der Waals surface area contributed by atoms with Crippen molar-refractivity contribution in [3.8, 4) is 5.75 Å². The number of aromatic nitrogens is 1. The summed E-state index contributed by atoms with van der Waals surface area (Å²) >= 11 is 0. The molecule has 0 saturated heterocycles. The highest BCUT2D eigenvalue weighted by atomic mass is 16.5. The van der Waals surface area contributed by atoms with Crippen LogP contribution in [0.15, 0.2) is 28.7 Å². The number of hydrogen-bond acceptors (Lipinski definition) is 4. The molecule has 0 amide bonds. The van der Waals surface area contributed by atoms with E-state index < -0.39 is 0 Å². The number of oxazole rings is 1. The number of hydrogen-bond donors (Lipinski definition) is 1. The van der Waals surface area contributed by atoms with E-state index in [9.17, 15) is 0 Å². The van der Waals surface area contributed by atoms with Crippen molar-refractivity contribution in [2.75, 3.05) is 7.11 Å². The van der Waals surface area contributed by atoms with Crippen molar-refractivity contribution < 1.29 is 9.15 Å². The molecule has 0 aliphatic rings. The highest BCUT2D eigenvalue weighted by molar-refractivity contribution is 5.28. The molecule has 0 aliphatic heterocycles. The summed E-state index contributed by atoms with van der Waals surface area (Å²) in [5.41, 5.74) is 2.16. The smallest absolute Gasteiger partial charge is 0.208 e. The number of methoxy groups -OCH3 is 1. The van der Waals surface area contributed by atoms with E-state index in [4.69, 9.17) is 9.15 Å². The van der Waals surface area contributed by atoms with Crippen molar-refractivity contribution in [3.05, 3.63) is 47.2 Å². The van der Waals surface area contributed by atoms with Crippen LogP contribution >= 0.6 is 0 Å². The molecule has 1 aromatic carbocycles. The molecule has 0 spiro atoms. The fraction of sp³-hybridized carbons (Fsp3) is 0.400. The monoisotopic (exact) mass is 260 g/mol. The van der Waals surface area contributed by atoms with Crippen LogP contribution in [-0.2, 0) is 6.54 Å². The molecule has 1 aromatic heterocycles. The molecular formula is C15H20N2O2. The van der Waals surface area contributed by atoms with E-state index in [1.54, 1.807) is 7.11 Å². The highest BCUT2D eigenvalue weighted by Gasteiger charge is 2.09. The topological polar surface area (TPSA) is 47.3 Å². The number of nitrogens with one attached hydrogen (secondary N) is 1. The quantitative estimate of drug-likeness (QED) is 0.897. The normalized spacial score (nSPS) is 12.4. The Morgan fingerprint density at radius 3 is 2.47 bits per heavy atom. The maximum absolute atomic E-state index is 5.54. The lowest BCUT2D eigenvalue weighted by Crippen LogP contribution is -2.18. The van der Waals surface area contributed by atoms with E-state index in [2.05, 4.69) is 29.4 Å². The Hall–Kier alpha value is -1.81. The summed E-state index contributed by atoms with van der Waals surface area (Å²) in [7, 11) is 1.67. The number of benzene rings is 1. The number of nitrogens with zero attached hydrogens (tertiary/aromatic N) is 1. The predicted molar refractivity (Wildman–Crippen MR) is 74.2 cm³/mol. The van der Waals surface area contributed by atoms with Gasteiger partial charge in [0.05, 0.1) is 19.3 Å². The average Bonchev–Trinajstić information content (AvgIpc) is 2.75. The largest absolute Gasteiger partial charge is 0.497 e. The van der Waals surface area contributed by atoms with Crippen LogP contribution in [0, 0.1) is 13.8 Å². The first kappa shape index (κ1) is 13.6. The molecule has 0 fully saturated rings. The zero-order valence-electron chi connectivity index (χ0n) is 11.9. The molecule has 4 nitrogen and oxygen atoms in total. The van der Waals surface area contributed by atoms with Gasteiger partial charge in [-0.2, -0.15) is 0 Å². The van der Waals surface area contributed by atoms with E-state index >= 15 is 0 Å². The van der Waals surface area contributed by atoms with E-state index in [0.29, 0.717) is 6.54 Å². The number of ether oxygens (including phenoxy) is 1. The van der Waals surface area contributed by atoms with Gasteiger partial charge in [-0.15, -0.1) is 0 Å². The van der Waals surface area contributed by atoms with Gasteiger partial charge >= 0.3 is 0 Å². The highest BCUT2D eigenvalue weighted by Crippen LogP contribution is 2.18. The Balaban J connectivity index is 1.94. The molecule has 2 rings (SSSR count). The van der Waals surface area contributed by atoms with Crippen LogP contribution < -0.4 is 10.1 Å². The van der Waals surface area contributed by atoms with Crippen molar-refractivity contribution in [2.45, 2.75) is 33.4 Å². The van der Waals surface area contributed by atoms with Crippen LogP contribution in [0.1, 0.15) is 35.9 Å². The van der Waals surface area contributed by atoms with Gasteiger partial charge in [-0.1, -0.05) is 12.1 Å². The zero-order chi connectivity index (χ0) is 13.8. The first-order valence-electron chi connectivity index (χ1n) is 6.40. The SMILES string of the molecule is COc1ccc(C(C)NCc2nc(C)c(C)o2)cc1. The summed E-state index contributed by atoms with van der Waals surface area (Å²) in [5, 5.41) is 3.40. The minimum Gasteiger partial charge on any atom is -0.497 e. The van der Waals surface area contributed by atoms with E-state index in [0.717, 1.165) is 23.1 Å². The molecule has 102 valence electrons.